The van der Waals surface area contributed by atoms with Gasteiger partial charge in [-0.2, -0.15) is 0 Å². The number of hydrogen-bond acceptors (Lipinski definition) is 4. The first-order valence-corrected chi connectivity index (χ1v) is 9.51. The maximum Gasteiger partial charge on any atom is 0.252 e. The molecular formula is C21H18ClF2N3O2. The number of halogens is 3. The zero-order chi connectivity index (χ0) is 20.8. The highest BCUT2D eigenvalue weighted by Gasteiger charge is 2.49. The third-order valence-corrected chi connectivity index (χ3v) is 5.44. The van der Waals surface area contributed by atoms with Gasteiger partial charge in [-0.3, -0.25) is 14.8 Å². The van der Waals surface area contributed by atoms with E-state index < -0.39 is 17.7 Å². The SMILES string of the molecule is CC(C)(C(=O)N1C[C@@H]2C[C@H]1c1cncc(C#Cc3cncc(Cl)c3)c1O2)C(F)F. The second kappa shape index (κ2) is 7.27. The van der Waals surface area contributed by atoms with Gasteiger partial charge in [-0.1, -0.05) is 23.4 Å². The van der Waals surface area contributed by atoms with E-state index in [9.17, 15) is 13.6 Å². The Balaban J connectivity index is 1.68. The van der Waals surface area contributed by atoms with Crippen LogP contribution in [0.25, 0.3) is 0 Å². The molecule has 2 bridgehead atoms. The van der Waals surface area contributed by atoms with Crippen molar-refractivity contribution in [3.05, 3.63) is 52.6 Å². The summed E-state index contributed by atoms with van der Waals surface area (Å²) in [5.41, 5.74) is 0.138. The Labute approximate surface area is 172 Å². The van der Waals surface area contributed by atoms with Gasteiger partial charge in [-0.05, 0) is 19.9 Å². The second-order valence-corrected chi connectivity index (χ2v) is 8.15. The lowest BCUT2D eigenvalue weighted by atomic mass is 9.91. The van der Waals surface area contributed by atoms with E-state index in [0.29, 0.717) is 33.9 Å². The fraction of sp³-hybridized carbons (Fsp3) is 0.381. The molecule has 4 heterocycles. The molecule has 8 heteroatoms. The molecular weight excluding hydrogens is 400 g/mol. The highest BCUT2D eigenvalue weighted by Crippen LogP contribution is 2.46. The van der Waals surface area contributed by atoms with Gasteiger partial charge in [-0.15, -0.1) is 0 Å². The molecule has 0 saturated carbocycles. The Morgan fingerprint density at radius 2 is 2.03 bits per heavy atom. The molecule has 0 unspecified atom stereocenters. The second-order valence-electron chi connectivity index (χ2n) is 7.72. The van der Waals surface area contributed by atoms with Crippen LogP contribution in [0.3, 0.4) is 0 Å². The lowest BCUT2D eigenvalue weighted by molar-refractivity contribution is -0.149. The lowest BCUT2D eigenvalue weighted by Gasteiger charge is -2.32. The zero-order valence-electron chi connectivity index (χ0n) is 15.8. The minimum absolute atomic E-state index is 0.263. The van der Waals surface area contributed by atoms with Crippen LogP contribution in [0, 0.1) is 17.3 Å². The molecule has 1 saturated heterocycles. The van der Waals surface area contributed by atoms with Gasteiger partial charge < -0.3 is 9.64 Å². The molecule has 4 rings (SSSR count). The summed E-state index contributed by atoms with van der Waals surface area (Å²) in [7, 11) is 0. The standard InChI is InChI=1S/C21H18ClF2N3O2/c1-21(2,19(23)24)20(28)27-11-15-6-17(27)16-10-26-8-13(18(16)29-15)4-3-12-5-14(22)9-25-7-12/h5,7-10,15,17,19H,6,11H2,1-2H3/t15-,17-/m0/s1. The van der Waals surface area contributed by atoms with Crippen molar-refractivity contribution in [1.82, 2.24) is 14.9 Å². The molecule has 2 aromatic rings. The van der Waals surface area contributed by atoms with Crippen molar-refractivity contribution in [2.24, 2.45) is 5.41 Å². The number of amides is 1. The molecule has 0 aromatic carbocycles. The number of pyridine rings is 2. The van der Waals surface area contributed by atoms with Gasteiger partial charge in [0.25, 0.3) is 6.43 Å². The molecule has 150 valence electrons. The number of likely N-dealkylation sites (tertiary alicyclic amines) is 1. The van der Waals surface area contributed by atoms with Crippen LogP contribution in [0.4, 0.5) is 8.78 Å². The monoisotopic (exact) mass is 417 g/mol. The molecule has 0 N–H and O–H groups in total. The lowest BCUT2D eigenvalue weighted by Crippen LogP contribution is -2.44. The molecule has 2 aromatic heterocycles. The van der Waals surface area contributed by atoms with E-state index in [1.54, 1.807) is 24.7 Å². The van der Waals surface area contributed by atoms with Crippen molar-refractivity contribution < 1.29 is 18.3 Å². The Bertz CT molecular complexity index is 1030. The third kappa shape index (κ3) is 3.53. The first kappa shape index (κ1) is 19.6. The summed E-state index contributed by atoms with van der Waals surface area (Å²) in [5.74, 6) is 5.96. The minimum atomic E-state index is -2.75. The predicted molar refractivity (Wildman–Crippen MR) is 103 cm³/mol. The Morgan fingerprint density at radius 3 is 2.76 bits per heavy atom. The largest absolute Gasteiger partial charge is 0.487 e. The Kier molecular flexibility index (Phi) is 4.91. The maximum atomic E-state index is 13.4. The first-order valence-electron chi connectivity index (χ1n) is 9.13. The van der Waals surface area contributed by atoms with Crippen LogP contribution in [-0.4, -0.2) is 39.8 Å². The number of alkyl halides is 2. The average molecular weight is 418 g/mol. The number of fused-ring (bicyclic) bond motifs is 4. The van der Waals surface area contributed by atoms with Gasteiger partial charge in [0, 0.05) is 42.3 Å². The smallest absolute Gasteiger partial charge is 0.252 e. The summed E-state index contributed by atoms with van der Waals surface area (Å²) in [6, 6.07) is 1.35. The molecule has 2 aliphatic heterocycles. The van der Waals surface area contributed by atoms with Crippen LogP contribution in [0.15, 0.2) is 30.9 Å². The number of carbonyl (C=O) groups excluding carboxylic acids is 1. The van der Waals surface area contributed by atoms with Gasteiger partial charge >= 0.3 is 0 Å². The summed E-state index contributed by atoms with van der Waals surface area (Å²) in [5, 5.41) is 0.482. The number of hydrogen-bond donors (Lipinski definition) is 0. The molecule has 1 amide bonds. The van der Waals surface area contributed by atoms with E-state index in [1.165, 1.54) is 24.9 Å². The molecule has 2 atom stereocenters. The van der Waals surface area contributed by atoms with Crippen LogP contribution in [-0.2, 0) is 4.79 Å². The summed E-state index contributed by atoms with van der Waals surface area (Å²) in [6.45, 7) is 2.80. The highest BCUT2D eigenvalue weighted by atomic mass is 35.5. The third-order valence-electron chi connectivity index (χ3n) is 5.23. The highest BCUT2D eigenvalue weighted by molar-refractivity contribution is 6.30. The molecule has 0 spiro atoms. The van der Waals surface area contributed by atoms with Crippen molar-refractivity contribution >= 4 is 17.5 Å². The molecule has 0 aliphatic carbocycles. The van der Waals surface area contributed by atoms with Gasteiger partial charge in [-0.25, -0.2) is 8.78 Å². The first-order chi connectivity index (χ1) is 13.8. The van der Waals surface area contributed by atoms with E-state index in [1.807, 2.05) is 0 Å². The van der Waals surface area contributed by atoms with Crippen molar-refractivity contribution in [3.8, 4) is 17.6 Å². The summed E-state index contributed by atoms with van der Waals surface area (Å²) < 4.78 is 32.8. The van der Waals surface area contributed by atoms with Crippen LogP contribution >= 0.6 is 11.6 Å². The molecule has 1 fully saturated rings. The summed E-state index contributed by atoms with van der Waals surface area (Å²) >= 11 is 5.93. The Morgan fingerprint density at radius 1 is 1.28 bits per heavy atom. The quantitative estimate of drug-likeness (QED) is 0.696. The van der Waals surface area contributed by atoms with E-state index in [-0.39, 0.29) is 18.7 Å². The normalized spacial score (nSPS) is 20.0. The molecule has 5 nitrogen and oxygen atoms in total. The molecule has 0 radical (unpaired) electrons. The number of carbonyl (C=O) groups is 1. The fourth-order valence-electron chi connectivity index (χ4n) is 3.57. The van der Waals surface area contributed by atoms with Crippen molar-refractivity contribution in [2.45, 2.75) is 38.8 Å². The van der Waals surface area contributed by atoms with Gasteiger partial charge in [0.2, 0.25) is 5.91 Å². The van der Waals surface area contributed by atoms with E-state index in [4.69, 9.17) is 16.3 Å². The van der Waals surface area contributed by atoms with Crippen LogP contribution < -0.4 is 4.74 Å². The van der Waals surface area contributed by atoms with Gasteiger partial charge in [0.05, 0.1) is 23.2 Å². The number of ether oxygens (including phenoxy) is 1. The predicted octanol–water partition coefficient (Wildman–Crippen LogP) is 3.86. The molecule has 29 heavy (non-hydrogen) atoms. The van der Waals surface area contributed by atoms with E-state index in [0.717, 1.165) is 0 Å². The van der Waals surface area contributed by atoms with E-state index in [2.05, 4.69) is 21.8 Å². The summed E-state index contributed by atoms with van der Waals surface area (Å²) in [6.07, 6.45) is 3.85. The number of aromatic nitrogens is 2. The van der Waals surface area contributed by atoms with Crippen molar-refractivity contribution in [2.75, 3.05) is 6.54 Å². The average Bonchev–Trinajstić information content (AvgIpc) is 3.03. The topological polar surface area (TPSA) is 55.3 Å². The van der Waals surface area contributed by atoms with Crippen LogP contribution in [0.1, 0.15) is 43.0 Å². The Hall–Kier alpha value is -2.72. The number of nitrogens with zero attached hydrogens (tertiary/aromatic N) is 3. The van der Waals surface area contributed by atoms with Crippen LogP contribution in [0.5, 0.6) is 5.75 Å². The van der Waals surface area contributed by atoms with Crippen molar-refractivity contribution in [1.29, 1.82) is 0 Å². The van der Waals surface area contributed by atoms with E-state index >= 15 is 0 Å². The van der Waals surface area contributed by atoms with Crippen LogP contribution in [0.2, 0.25) is 5.02 Å². The van der Waals surface area contributed by atoms with Gasteiger partial charge in [0.1, 0.15) is 17.3 Å². The fourth-order valence-corrected chi connectivity index (χ4v) is 3.75. The molecule has 2 aliphatic rings. The minimum Gasteiger partial charge on any atom is -0.487 e. The van der Waals surface area contributed by atoms with Gasteiger partial charge in [0.15, 0.2) is 0 Å². The van der Waals surface area contributed by atoms with Crippen molar-refractivity contribution in [3.63, 3.8) is 0 Å². The summed E-state index contributed by atoms with van der Waals surface area (Å²) in [4.78, 5) is 22.5. The zero-order valence-corrected chi connectivity index (χ0v) is 16.6. The maximum absolute atomic E-state index is 13.4. The number of rotatable bonds is 2.